The molecule has 1 aromatic rings. The van der Waals surface area contributed by atoms with Crippen molar-refractivity contribution < 1.29 is 9.53 Å². The second-order valence-electron chi connectivity index (χ2n) is 3.98. The fourth-order valence-corrected chi connectivity index (χ4v) is 1.70. The molecule has 1 saturated heterocycles. The third-order valence-corrected chi connectivity index (χ3v) is 2.60. The van der Waals surface area contributed by atoms with Crippen LogP contribution in [-0.4, -0.2) is 18.6 Å². The van der Waals surface area contributed by atoms with Crippen molar-refractivity contribution >= 4 is 5.97 Å². The molecule has 0 radical (unpaired) electrons. The molecule has 1 unspecified atom stereocenters. The topological polar surface area (TPSA) is 38.3 Å². The Morgan fingerprint density at radius 1 is 1.44 bits per heavy atom. The summed E-state index contributed by atoms with van der Waals surface area (Å²) in [4.78, 5) is 11.6. The van der Waals surface area contributed by atoms with Gasteiger partial charge in [-0.15, -0.1) is 0 Å². The summed E-state index contributed by atoms with van der Waals surface area (Å²) in [5, 5.41) is 3.07. The summed E-state index contributed by atoms with van der Waals surface area (Å²) in [6.07, 6.45) is 0.688. The van der Waals surface area contributed by atoms with E-state index < -0.39 is 0 Å². The number of carbonyl (C=O) groups is 1. The summed E-state index contributed by atoms with van der Waals surface area (Å²) in [6, 6.07) is 9.46. The first kappa shape index (κ1) is 10.9. The highest BCUT2D eigenvalue weighted by Gasteiger charge is 2.25. The van der Waals surface area contributed by atoms with Gasteiger partial charge in [-0.1, -0.05) is 42.5 Å². The number of hydrogen-bond acceptors (Lipinski definition) is 3. The van der Waals surface area contributed by atoms with Crippen molar-refractivity contribution in [2.75, 3.05) is 6.54 Å². The number of hydrogen-bond donors (Lipinski definition) is 1. The first-order valence-electron chi connectivity index (χ1n) is 5.36. The molecule has 0 bridgehead atoms. The van der Waals surface area contributed by atoms with E-state index in [1.54, 1.807) is 0 Å². The normalized spacial score (nSPS) is 19.8. The molecule has 1 heterocycles. The molecular weight excluding hydrogens is 202 g/mol. The van der Waals surface area contributed by atoms with Crippen LogP contribution in [-0.2, 0) is 16.1 Å². The molecule has 1 atom stereocenters. The molecule has 0 aromatic heterocycles. The monoisotopic (exact) mass is 217 g/mol. The van der Waals surface area contributed by atoms with Crippen LogP contribution >= 0.6 is 0 Å². The largest absolute Gasteiger partial charge is 0.460 e. The Bertz CT molecular complexity index is 386. The fraction of sp³-hybridized carbons (Fsp3) is 0.308. The molecule has 1 N–H and O–H groups in total. The number of ether oxygens (including phenoxy) is 1. The van der Waals surface area contributed by atoms with Crippen LogP contribution in [0.5, 0.6) is 0 Å². The Kier molecular flexibility index (Phi) is 3.37. The van der Waals surface area contributed by atoms with Crippen molar-refractivity contribution in [1.29, 1.82) is 0 Å². The van der Waals surface area contributed by atoms with Crippen LogP contribution in [0.3, 0.4) is 0 Å². The van der Waals surface area contributed by atoms with Gasteiger partial charge in [0.1, 0.15) is 12.6 Å². The van der Waals surface area contributed by atoms with Crippen molar-refractivity contribution in [2.45, 2.75) is 19.1 Å². The van der Waals surface area contributed by atoms with E-state index >= 15 is 0 Å². The van der Waals surface area contributed by atoms with Crippen LogP contribution in [0.15, 0.2) is 42.5 Å². The van der Waals surface area contributed by atoms with Gasteiger partial charge < -0.3 is 10.1 Å². The van der Waals surface area contributed by atoms with Crippen molar-refractivity contribution in [3.05, 3.63) is 48.0 Å². The van der Waals surface area contributed by atoms with Gasteiger partial charge in [-0.2, -0.15) is 0 Å². The molecule has 0 aliphatic carbocycles. The first-order chi connectivity index (χ1) is 7.75. The molecule has 1 aliphatic heterocycles. The summed E-state index contributed by atoms with van der Waals surface area (Å²) in [5.74, 6) is -0.192. The third-order valence-electron chi connectivity index (χ3n) is 2.60. The van der Waals surface area contributed by atoms with Crippen molar-refractivity contribution in [3.8, 4) is 0 Å². The lowest BCUT2D eigenvalue weighted by atomic mass is 10.2. The molecule has 2 rings (SSSR count). The van der Waals surface area contributed by atoms with Crippen molar-refractivity contribution in [2.24, 2.45) is 0 Å². The lowest BCUT2D eigenvalue weighted by Crippen LogP contribution is -2.32. The van der Waals surface area contributed by atoms with Crippen LogP contribution in [0.4, 0.5) is 0 Å². The zero-order chi connectivity index (χ0) is 11.4. The maximum atomic E-state index is 11.6. The van der Waals surface area contributed by atoms with Gasteiger partial charge in [0.25, 0.3) is 0 Å². The quantitative estimate of drug-likeness (QED) is 0.618. The zero-order valence-corrected chi connectivity index (χ0v) is 9.11. The van der Waals surface area contributed by atoms with Gasteiger partial charge in [0.2, 0.25) is 0 Å². The highest BCUT2D eigenvalue weighted by Crippen LogP contribution is 2.12. The summed E-state index contributed by atoms with van der Waals surface area (Å²) in [6.45, 7) is 4.89. The lowest BCUT2D eigenvalue weighted by molar-refractivity contribution is -0.147. The molecule has 0 saturated carbocycles. The zero-order valence-electron chi connectivity index (χ0n) is 9.11. The van der Waals surface area contributed by atoms with Crippen LogP contribution in [0, 0.1) is 0 Å². The SMILES string of the molecule is C=C1CNC(C(=O)OCc2ccccc2)C1. The van der Waals surface area contributed by atoms with E-state index in [2.05, 4.69) is 11.9 Å². The van der Waals surface area contributed by atoms with E-state index in [1.807, 2.05) is 30.3 Å². The maximum absolute atomic E-state index is 11.6. The minimum Gasteiger partial charge on any atom is -0.460 e. The van der Waals surface area contributed by atoms with Gasteiger partial charge in [-0.3, -0.25) is 4.79 Å². The van der Waals surface area contributed by atoms with Crippen LogP contribution in [0.2, 0.25) is 0 Å². The molecular formula is C13H15NO2. The van der Waals surface area contributed by atoms with Gasteiger partial charge in [0, 0.05) is 6.54 Å². The molecule has 16 heavy (non-hydrogen) atoms. The van der Waals surface area contributed by atoms with Crippen molar-refractivity contribution in [1.82, 2.24) is 5.32 Å². The Balaban J connectivity index is 1.82. The van der Waals surface area contributed by atoms with E-state index in [0.29, 0.717) is 19.6 Å². The molecule has 84 valence electrons. The third kappa shape index (κ3) is 2.70. The number of rotatable bonds is 3. The van der Waals surface area contributed by atoms with Crippen LogP contribution in [0.25, 0.3) is 0 Å². The Labute approximate surface area is 95.1 Å². The van der Waals surface area contributed by atoms with E-state index in [9.17, 15) is 4.79 Å². The van der Waals surface area contributed by atoms with Crippen molar-refractivity contribution in [3.63, 3.8) is 0 Å². The second kappa shape index (κ2) is 4.94. The van der Waals surface area contributed by atoms with Gasteiger partial charge in [-0.25, -0.2) is 0 Å². The van der Waals surface area contributed by atoms with E-state index in [0.717, 1.165) is 11.1 Å². The molecule has 1 aromatic carbocycles. The molecule has 3 heteroatoms. The predicted molar refractivity (Wildman–Crippen MR) is 61.8 cm³/mol. The minimum absolute atomic E-state index is 0.192. The van der Waals surface area contributed by atoms with Gasteiger partial charge >= 0.3 is 5.97 Å². The highest BCUT2D eigenvalue weighted by molar-refractivity contribution is 5.76. The fourth-order valence-electron chi connectivity index (χ4n) is 1.70. The Morgan fingerprint density at radius 2 is 2.19 bits per heavy atom. The number of esters is 1. The summed E-state index contributed by atoms with van der Waals surface area (Å²) < 4.78 is 5.22. The van der Waals surface area contributed by atoms with E-state index in [4.69, 9.17) is 4.74 Å². The molecule has 0 spiro atoms. The molecule has 1 fully saturated rings. The smallest absolute Gasteiger partial charge is 0.323 e. The first-order valence-corrected chi connectivity index (χ1v) is 5.36. The van der Waals surface area contributed by atoms with E-state index in [-0.39, 0.29) is 12.0 Å². The molecule has 3 nitrogen and oxygen atoms in total. The lowest BCUT2D eigenvalue weighted by Gasteiger charge is -2.09. The van der Waals surface area contributed by atoms with Gasteiger partial charge in [0.15, 0.2) is 0 Å². The average Bonchev–Trinajstić information content (AvgIpc) is 2.74. The standard InChI is InChI=1S/C13H15NO2/c1-10-7-12(14-8-10)13(15)16-9-11-5-3-2-4-6-11/h2-6,12,14H,1,7-9H2. The predicted octanol–water partition coefficient (Wildman–Crippen LogP) is 1.65. The van der Waals surface area contributed by atoms with Gasteiger partial charge in [-0.05, 0) is 12.0 Å². The van der Waals surface area contributed by atoms with Gasteiger partial charge in [0.05, 0.1) is 0 Å². The summed E-state index contributed by atoms with van der Waals surface area (Å²) in [5.41, 5.74) is 2.06. The second-order valence-corrected chi connectivity index (χ2v) is 3.98. The highest BCUT2D eigenvalue weighted by atomic mass is 16.5. The molecule has 0 amide bonds. The average molecular weight is 217 g/mol. The number of benzene rings is 1. The van der Waals surface area contributed by atoms with Crippen LogP contribution < -0.4 is 5.32 Å². The maximum Gasteiger partial charge on any atom is 0.323 e. The van der Waals surface area contributed by atoms with E-state index in [1.165, 1.54) is 0 Å². The number of carbonyl (C=O) groups excluding carboxylic acids is 1. The van der Waals surface area contributed by atoms with Crippen LogP contribution in [0.1, 0.15) is 12.0 Å². The summed E-state index contributed by atoms with van der Waals surface area (Å²) >= 11 is 0. The summed E-state index contributed by atoms with van der Waals surface area (Å²) in [7, 11) is 0. The minimum atomic E-state index is -0.212. The number of nitrogens with one attached hydrogen (secondary N) is 1. The molecule has 1 aliphatic rings. The Hall–Kier alpha value is -1.61. The Morgan fingerprint density at radius 3 is 2.81 bits per heavy atom.